The Balaban J connectivity index is 1.99. The molecule has 0 aliphatic carbocycles. The first kappa shape index (κ1) is 14.7. The molecular formula is C15H21NO4. The van der Waals surface area contributed by atoms with Crippen LogP contribution in [0.25, 0.3) is 0 Å². The van der Waals surface area contributed by atoms with Crippen LogP contribution in [0, 0.1) is 5.92 Å². The lowest BCUT2D eigenvalue weighted by atomic mass is 10.1. The molecule has 110 valence electrons. The Hall–Kier alpha value is -1.75. The van der Waals surface area contributed by atoms with Crippen LogP contribution in [0.1, 0.15) is 18.9 Å². The number of carbonyl (C=O) groups is 1. The fraction of sp³-hybridized carbons (Fsp3) is 0.533. The third-order valence-corrected chi connectivity index (χ3v) is 3.27. The average molecular weight is 279 g/mol. The average Bonchev–Trinajstić information content (AvgIpc) is 2.63. The molecule has 1 unspecified atom stereocenters. The molecule has 0 spiro atoms. The summed E-state index contributed by atoms with van der Waals surface area (Å²) < 4.78 is 11.2. The summed E-state index contributed by atoms with van der Waals surface area (Å²) in [6.45, 7) is 4.27. The van der Waals surface area contributed by atoms with Gasteiger partial charge in [0.05, 0.1) is 19.1 Å². The van der Waals surface area contributed by atoms with Crippen molar-refractivity contribution >= 4 is 5.97 Å². The van der Waals surface area contributed by atoms with Gasteiger partial charge < -0.3 is 19.5 Å². The van der Waals surface area contributed by atoms with Gasteiger partial charge in [-0.15, -0.1) is 0 Å². The van der Waals surface area contributed by atoms with Crippen molar-refractivity contribution < 1.29 is 19.4 Å². The van der Waals surface area contributed by atoms with Gasteiger partial charge in [0, 0.05) is 19.5 Å². The maximum atomic E-state index is 10.9. The quantitative estimate of drug-likeness (QED) is 0.893. The van der Waals surface area contributed by atoms with Gasteiger partial charge in [0.15, 0.2) is 11.5 Å². The predicted octanol–water partition coefficient (Wildman–Crippen LogP) is 2.00. The van der Waals surface area contributed by atoms with Gasteiger partial charge in [-0.1, -0.05) is 13.0 Å². The molecule has 1 N–H and O–H groups in total. The van der Waals surface area contributed by atoms with Crippen molar-refractivity contribution in [3.63, 3.8) is 0 Å². The molecule has 0 saturated carbocycles. The summed E-state index contributed by atoms with van der Waals surface area (Å²) in [5, 5.41) is 8.92. The second-order valence-electron chi connectivity index (χ2n) is 5.27. The molecule has 0 saturated heterocycles. The number of ether oxygens (including phenoxy) is 2. The molecule has 2 rings (SSSR count). The van der Waals surface area contributed by atoms with Crippen LogP contribution in [0.15, 0.2) is 18.2 Å². The van der Waals surface area contributed by atoms with Crippen LogP contribution in [0.5, 0.6) is 11.5 Å². The molecule has 0 amide bonds. The molecule has 1 aliphatic heterocycles. The highest BCUT2D eigenvalue weighted by Crippen LogP contribution is 2.30. The van der Waals surface area contributed by atoms with Crippen molar-refractivity contribution in [1.29, 1.82) is 0 Å². The lowest BCUT2D eigenvalue weighted by Gasteiger charge is -2.19. The molecule has 0 radical (unpaired) electrons. The van der Waals surface area contributed by atoms with Crippen LogP contribution in [0.2, 0.25) is 0 Å². The standard InChI is InChI=1S/C15H21NO4/c1-11(15(17)18)9-16(2)10-12-4-5-13-14(8-12)20-7-3-6-19-13/h4-5,8,11H,3,6-7,9-10H2,1-2H3,(H,17,18). The lowest BCUT2D eigenvalue weighted by molar-refractivity contribution is -0.141. The van der Waals surface area contributed by atoms with Crippen molar-refractivity contribution in [2.45, 2.75) is 19.9 Å². The molecule has 0 bridgehead atoms. The van der Waals surface area contributed by atoms with Crippen LogP contribution in [0.3, 0.4) is 0 Å². The molecule has 5 nitrogen and oxygen atoms in total. The van der Waals surface area contributed by atoms with Crippen LogP contribution < -0.4 is 9.47 Å². The number of hydrogen-bond acceptors (Lipinski definition) is 4. The van der Waals surface area contributed by atoms with E-state index in [1.807, 2.05) is 30.1 Å². The van der Waals surface area contributed by atoms with Gasteiger partial charge in [-0.05, 0) is 24.7 Å². The minimum absolute atomic E-state index is 0.375. The Bertz CT molecular complexity index is 475. The van der Waals surface area contributed by atoms with Crippen LogP contribution in [0.4, 0.5) is 0 Å². The molecule has 1 aliphatic rings. The second-order valence-corrected chi connectivity index (χ2v) is 5.27. The van der Waals surface area contributed by atoms with Crippen molar-refractivity contribution in [2.75, 3.05) is 26.8 Å². The minimum Gasteiger partial charge on any atom is -0.490 e. The van der Waals surface area contributed by atoms with Gasteiger partial charge in [-0.25, -0.2) is 0 Å². The molecule has 1 atom stereocenters. The van der Waals surface area contributed by atoms with Gasteiger partial charge in [-0.3, -0.25) is 4.79 Å². The zero-order chi connectivity index (χ0) is 14.5. The van der Waals surface area contributed by atoms with Gasteiger partial charge in [-0.2, -0.15) is 0 Å². The number of rotatable bonds is 5. The Morgan fingerprint density at radius 2 is 2.05 bits per heavy atom. The molecule has 0 fully saturated rings. The van der Waals surface area contributed by atoms with Gasteiger partial charge in [0.25, 0.3) is 0 Å². The van der Waals surface area contributed by atoms with Gasteiger partial charge in [0.2, 0.25) is 0 Å². The molecule has 0 aromatic heterocycles. The van der Waals surface area contributed by atoms with Gasteiger partial charge >= 0.3 is 5.97 Å². The highest BCUT2D eigenvalue weighted by atomic mass is 16.5. The monoisotopic (exact) mass is 279 g/mol. The summed E-state index contributed by atoms with van der Waals surface area (Å²) in [6.07, 6.45) is 0.889. The number of hydrogen-bond donors (Lipinski definition) is 1. The van der Waals surface area contributed by atoms with Crippen LogP contribution in [-0.4, -0.2) is 42.8 Å². The van der Waals surface area contributed by atoms with Crippen molar-refractivity contribution in [3.05, 3.63) is 23.8 Å². The first-order valence-corrected chi connectivity index (χ1v) is 6.86. The van der Waals surface area contributed by atoms with E-state index in [4.69, 9.17) is 14.6 Å². The first-order chi connectivity index (χ1) is 9.56. The topological polar surface area (TPSA) is 59.0 Å². The Morgan fingerprint density at radius 3 is 2.75 bits per heavy atom. The normalized spacial score (nSPS) is 15.8. The number of nitrogens with zero attached hydrogens (tertiary/aromatic N) is 1. The highest BCUT2D eigenvalue weighted by molar-refractivity contribution is 5.69. The SMILES string of the molecule is CC(CN(C)Cc1ccc2c(c1)OCCCO2)C(=O)O. The van der Waals surface area contributed by atoms with E-state index in [1.54, 1.807) is 6.92 Å². The van der Waals surface area contributed by atoms with E-state index in [0.29, 0.717) is 26.3 Å². The zero-order valence-corrected chi connectivity index (χ0v) is 12.0. The number of benzene rings is 1. The highest BCUT2D eigenvalue weighted by Gasteiger charge is 2.15. The smallest absolute Gasteiger partial charge is 0.307 e. The fourth-order valence-corrected chi connectivity index (χ4v) is 2.23. The summed E-state index contributed by atoms with van der Waals surface area (Å²) in [7, 11) is 1.92. The summed E-state index contributed by atoms with van der Waals surface area (Å²) >= 11 is 0. The number of fused-ring (bicyclic) bond motifs is 1. The molecule has 20 heavy (non-hydrogen) atoms. The van der Waals surface area contributed by atoms with Crippen molar-refractivity contribution in [3.8, 4) is 11.5 Å². The molecule has 1 aromatic carbocycles. The fourth-order valence-electron chi connectivity index (χ4n) is 2.23. The van der Waals surface area contributed by atoms with E-state index in [1.165, 1.54) is 0 Å². The maximum absolute atomic E-state index is 10.9. The third-order valence-electron chi connectivity index (χ3n) is 3.27. The predicted molar refractivity (Wildman–Crippen MR) is 75.2 cm³/mol. The largest absolute Gasteiger partial charge is 0.490 e. The van der Waals surface area contributed by atoms with E-state index < -0.39 is 5.97 Å². The summed E-state index contributed by atoms with van der Waals surface area (Å²) in [4.78, 5) is 12.9. The zero-order valence-electron chi connectivity index (χ0n) is 12.0. The second kappa shape index (κ2) is 6.61. The van der Waals surface area contributed by atoms with Crippen molar-refractivity contribution in [1.82, 2.24) is 4.90 Å². The summed E-state index contributed by atoms with van der Waals surface area (Å²) in [5.74, 6) is 0.420. The molecule has 1 heterocycles. The Labute approximate surface area is 119 Å². The number of aliphatic carboxylic acids is 1. The van der Waals surface area contributed by atoms with Crippen LogP contribution >= 0.6 is 0 Å². The summed E-state index contributed by atoms with van der Waals surface area (Å²) in [6, 6.07) is 5.89. The first-order valence-electron chi connectivity index (χ1n) is 6.86. The number of carboxylic acids is 1. The Morgan fingerprint density at radius 1 is 1.35 bits per heavy atom. The van der Waals surface area contributed by atoms with E-state index in [-0.39, 0.29) is 5.92 Å². The molecule has 5 heteroatoms. The lowest BCUT2D eigenvalue weighted by Crippen LogP contribution is -2.28. The molecular weight excluding hydrogens is 258 g/mol. The number of carboxylic acid groups (broad SMARTS) is 1. The van der Waals surface area contributed by atoms with E-state index >= 15 is 0 Å². The van der Waals surface area contributed by atoms with Gasteiger partial charge in [0.1, 0.15) is 0 Å². The maximum Gasteiger partial charge on any atom is 0.307 e. The van der Waals surface area contributed by atoms with E-state index in [9.17, 15) is 4.79 Å². The van der Waals surface area contributed by atoms with Crippen molar-refractivity contribution in [2.24, 2.45) is 5.92 Å². The molecule has 1 aromatic rings. The minimum atomic E-state index is -0.768. The summed E-state index contributed by atoms with van der Waals surface area (Å²) in [5.41, 5.74) is 1.09. The van der Waals surface area contributed by atoms with Crippen LogP contribution in [-0.2, 0) is 11.3 Å². The third kappa shape index (κ3) is 3.87. The Kier molecular flexibility index (Phi) is 4.84. The van der Waals surface area contributed by atoms with E-state index in [2.05, 4.69) is 0 Å². The van der Waals surface area contributed by atoms with E-state index in [0.717, 1.165) is 23.5 Å².